The predicted molar refractivity (Wildman–Crippen MR) is 113 cm³/mol. The molecule has 142 valence electrons. The van der Waals surface area contributed by atoms with E-state index in [-0.39, 0.29) is 18.2 Å². The van der Waals surface area contributed by atoms with Gasteiger partial charge in [-0.2, -0.15) is 0 Å². The second kappa shape index (κ2) is 9.20. The first-order chi connectivity index (χ1) is 13.5. The van der Waals surface area contributed by atoms with E-state index >= 15 is 0 Å². The van der Waals surface area contributed by atoms with Crippen molar-refractivity contribution in [1.82, 2.24) is 5.32 Å². The van der Waals surface area contributed by atoms with E-state index in [2.05, 4.69) is 10.6 Å². The Morgan fingerprint density at radius 3 is 2.21 bits per heavy atom. The van der Waals surface area contributed by atoms with Crippen LogP contribution in [0.4, 0.5) is 5.69 Å². The minimum absolute atomic E-state index is 0.116. The number of hydrogen-bond donors (Lipinski definition) is 2. The van der Waals surface area contributed by atoms with Crippen LogP contribution in [0.15, 0.2) is 78.9 Å². The smallest absolute Gasteiger partial charge is 0.251 e. The Morgan fingerprint density at radius 2 is 1.57 bits per heavy atom. The summed E-state index contributed by atoms with van der Waals surface area (Å²) in [6.45, 7) is 1.88. The zero-order valence-corrected chi connectivity index (χ0v) is 16.2. The summed E-state index contributed by atoms with van der Waals surface area (Å²) < 4.78 is 0. The molecule has 3 rings (SSSR count). The molecular weight excluding hydrogens is 372 g/mol. The number of aryl methyl sites for hydroxylation is 1. The maximum atomic E-state index is 12.7. The van der Waals surface area contributed by atoms with Crippen LogP contribution in [-0.2, 0) is 4.79 Å². The molecule has 0 heterocycles. The van der Waals surface area contributed by atoms with E-state index in [1.54, 1.807) is 30.3 Å². The van der Waals surface area contributed by atoms with Gasteiger partial charge in [0.1, 0.15) is 0 Å². The summed E-state index contributed by atoms with van der Waals surface area (Å²) in [5.74, 6) is -0.405. The summed E-state index contributed by atoms with van der Waals surface area (Å²) >= 11 is 5.97. The fourth-order valence-corrected chi connectivity index (χ4v) is 3.15. The number of carbonyl (C=O) groups is 2. The highest BCUT2D eigenvalue weighted by Crippen LogP contribution is 2.22. The molecule has 28 heavy (non-hydrogen) atoms. The van der Waals surface area contributed by atoms with Crippen molar-refractivity contribution in [2.75, 3.05) is 5.32 Å². The second-order valence-electron chi connectivity index (χ2n) is 6.51. The van der Waals surface area contributed by atoms with Gasteiger partial charge in [0.2, 0.25) is 5.91 Å². The maximum Gasteiger partial charge on any atom is 0.251 e. The molecule has 0 fully saturated rings. The van der Waals surface area contributed by atoms with Gasteiger partial charge in [-0.3, -0.25) is 9.59 Å². The largest absolute Gasteiger partial charge is 0.345 e. The molecule has 0 aliphatic rings. The molecule has 0 unspecified atom stereocenters. The van der Waals surface area contributed by atoms with Gasteiger partial charge in [-0.05, 0) is 48.4 Å². The molecule has 2 amide bonds. The molecule has 2 N–H and O–H groups in total. The van der Waals surface area contributed by atoms with E-state index in [9.17, 15) is 9.59 Å². The number of amides is 2. The van der Waals surface area contributed by atoms with Crippen LogP contribution in [0.25, 0.3) is 0 Å². The Morgan fingerprint density at radius 1 is 0.929 bits per heavy atom. The molecule has 0 saturated carbocycles. The minimum atomic E-state index is -0.443. The first-order valence-electron chi connectivity index (χ1n) is 9.00. The molecule has 5 heteroatoms. The van der Waals surface area contributed by atoms with E-state index in [1.165, 1.54) is 0 Å². The Kier molecular flexibility index (Phi) is 6.45. The third-order valence-electron chi connectivity index (χ3n) is 4.40. The number of rotatable bonds is 6. The molecule has 3 aromatic carbocycles. The quantitative estimate of drug-likeness (QED) is 0.609. The number of hydrogen-bond acceptors (Lipinski definition) is 2. The lowest BCUT2D eigenvalue weighted by atomic mass is 10.0. The van der Waals surface area contributed by atoms with Crippen molar-refractivity contribution in [1.29, 1.82) is 0 Å². The van der Waals surface area contributed by atoms with Crippen molar-refractivity contribution in [2.45, 2.75) is 19.4 Å². The highest BCUT2D eigenvalue weighted by atomic mass is 35.5. The van der Waals surface area contributed by atoms with Crippen LogP contribution in [-0.4, -0.2) is 11.8 Å². The first kappa shape index (κ1) is 19.6. The van der Waals surface area contributed by atoms with E-state index < -0.39 is 6.04 Å². The molecule has 0 aromatic heterocycles. The van der Waals surface area contributed by atoms with Crippen LogP contribution < -0.4 is 10.6 Å². The van der Waals surface area contributed by atoms with Gasteiger partial charge in [0.05, 0.1) is 12.5 Å². The molecule has 0 radical (unpaired) electrons. The minimum Gasteiger partial charge on any atom is -0.345 e. The monoisotopic (exact) mass is 392 g/mol. The molecule has 0 bridgehead atoms. The number of benzene rings is 3. The van der Waals surface area contributed by atoms with Gasteiger partial charge in [0.25, 0.3) is 5.91 Å². The zero-order chi connectivity index (χ0) is 19.9. The van der Waals surface area contributed by atoms with Gasteiger partial charge < -0.3 is 10.6 Å². The third-order valence-corrected chi connectivity index (χ3v) is 4.63. The van der Waals surface area contributed by atoms with Gasteiger partial charge in [-0.25, -0.2) is 0 Å². The number of halogens is 1. The fourth-order valence-electron chi connectivity index (χ4n) is 2.92. The van der Waals surface area contributed by atoms with Crippen LogP contribution >= 0.6 is 11.6 Å². The molecule has 0 saturated heterocycles. The van der Waals surface area contributed by atoms with E-state index in [0.717, 1.165) is 11.1 Å². The summed E-state index contributed by atoms with van der Waals surface area (Å²) in [6, 6.07) is 23.3. The average molecular weight is 393 g/mol. The SMILES string of the molecule is Cc1cc(Cl)ccc1NC(=O)C[C@@H](NC(=O)c1ccccc1)c1ccccc1. The lowest BCUT2D eigenvalue weighted by Crippen LogP contribution is -2.31. The van der Waals surface area contributed by atoms with Crippen LogP contribution in [0.5, 0.6) is 0 Å². The number of nitrogens with one attached hydrogen (secondary N) is 2. The molecule has 0 aliphatic carbocycles. The van der Waals surface area contributed by atoms with Gasteiger partial charge in [-0.15, -0.1) is 0 Å². The van der Waals surface area contributed by atoms with E-state index in [0.29, 0.717) is 16.3 Å². The van der Waals surface area contributed by atoms with Gasteiger partial charge in [-0.1, -0.05) is 60.1 Å². The predicted octanol–water partition coefficient (Wildman–Crippen LogP) is 5.15. The molecule has 0 spiro atoms. The Bertz CT molecular complexity index is 959. The van der Waals surface area contributed by atoms with Crippen LogP contribution in [0.2, 0.25) is 5.02 Å². The van der Waals surface area contributed by atoms with E-state index in [1.807, 2.05) is 55.5 Å². The molecule has 4 nitrogen and oxygen atoms in total. The standard InChI is InChI=1S/C23H21ClN2O2/c1-16-14-19(24)12-13-20(16)25-22(27)15-21(17-8-4-2-5-9-17)26-23(28)18-10-6-3-7-11-18/h2-14,21H,15H2,1H3,(H,25,27)(H,26,28)/t21-/m1/s1. The fraction of sp³-hybridized carbons (Fsp3) is 0.130. The van der Waals surface area contributed by atoms with Crippen molar-refractivity contribution in [3.05, 3.63) is 101 Å². The average Bonchev–Trinajstić information content (AvgIpc) is 2.71. The Balaban J connectivity index is 1.75. The summed E-state index contributed by atoms with van der Waals surface area (Å²) in [6.07, 6.45) is 0.116. The molecule has 0 aliphatic heterocycles. The van der Waals surface area contributed by atoms with Crippen LogP contribution in [0.1, 0.15) is 33.9 Å². The van der Waals surface area contributed by atoms with Crippen molar-refractivity contribution in [3.63, 3.8) is 0 Å². The van der Waals surface area contributed by atoms with E-state index in [4.69, 9.17) is 11.6 Å². The van der Waals surface area contributed by atoms with Crippen LogP contribution in [0.3, 0.4) is 0 Å². The van der Waals surface area contributed by atoms with Crippen LogP contribution in [0, 0.1) is 6.92 Å². The maximum absolute atomic E-state index is 12.7. The highest BCUT2D eigenvalue weighted by Gasteiger charge is 2.19. The molecule has 1 atom stereocenters. The summed E-state index contributed by atoms with van der Waals surface area (Å²) in [7, 11) is 0. The van der Waals surface area contributed by atoms with Gasteiger partial charge in [0.15, 0.2) is 0 Å². The summed E-state index contributed by atoms with van der Waals surface area (Å²) in [5.41, 5.74) is 3.01. The second-order valence-corrected chi connectivity index (χ2v) is 6.95. The normalized spacial score (nSPS) is 11.5. The first-order valence-corrected chi connectivity index (χ1v) is 9.37. The lowest BCUT2D eigenvalue weighted by Gasteiger charge is -2.19. The Hall–Kier alpha value is -3.11. The van der Waals surface area contributed by atoms with Crippen molar-refractivity contribution < 1.29 is 9.59 Å². The molecule has 3 aromatic rings. The zero-order valence-electron chi connectivity index (χ0n) is 15.5. The third kappa shape index (κ3) is 5.21. The highest BCUT2D eigenvalue weighted by molar-refractivity contribution is 6.30. The van der Waals surface area contributed by atoms with Gasteiger partial charge in [0, 0.05) is 16.3 Å². The topological polar surface area (TPSA) is 58.2 Å². The molecular formula is C23H21ClN2O2. The lowest BCUT2D eigenvalue weighted by molar-refractivity contribution is -0.116. The number of anilines is 1. The van der Waals surface area contributed by atoms with Crippen molar-refractivity contribution in [3.8, 4) is 0 Å². The summed E-state index contributed by atoms with van der Waals surface area (Å²) in [4.78, 5) is 25.3. The van der Waals surface area contributed by atoms with Gasteiger partial charge >= 0.3 is 0 Å². The number of carbonyl (C=O) groups excluding carboxylic acids is 2. The summed E-state index contributed by atoms with van der Waals surface area (Å²) in [5, 5.41) is 6.49. The van der Waals surface area contributed by atoms with Crippen molar-refractivity contribution >= 4 is 29.1 Å². The Labute approximate surface area is 169 Å². The van der Waals surface area contributed by atoms with Crippen molar-refractivity contribution in [2.24, 2.45) is 0 Å².